The number of pyridine rings is 1. The largest absolute Gasteiger partial charge is 0.346 e. The van der Waals surface area contributed by atoms with Crippen LogP contribution in [0.2, 0.25) is 5.15 Å². The lowest BCUT2D eigenvalue weighted by Gasteiger charge is -2.09. The Bertz CT molecular complexity index is 410. The number of hydrogen-bond acceptors (Lipinski definition) is 2. The van der Waals surface area contributed by atoms with Crippen LogP contribution in [-0.4, -0.2) is 23.9 Å². The van der Waals surface area contributed by atoms with Gasteiger partial charge in [0.15, 0.2) is 0 Å². The van der Waals surface area contributed by atoms with Gasteiger partial charge in [-0.2, -0.15) is 0 Å². The third-order valence-corrected chi connectivity index (χ3v) is 2.28. The summed E-state index contributed by atoms with van der Waals surface area (Å²) in [6.45, 7) is 3.13. The summed E-state index contributed by atoms with van der Waals surface area (Å²) in [5.41, 5.74) is 0.897. The molecular weight excluding hydrogens is 250 g/mol. The molecule has 0 unspecified atom stereocenters. The molecule has 1 aromatic rings. The number of alkyl halides is 2. The Morgan fingerprint density at radius 1 is 1.47 bits per heavy atom. The molecule has 1 amide bonds. The number of halogens is 3. The molecule has 1 heterocycles. The van der Waals surface area contributed by atoms with Crippen molar-refractivity contribution in [2.75, 3.05) is 6.54 Å². The molecule has 94 valence electrons. The van der Waals surface area contributed by atoms with Crippen LogP contribution in [0.15, 0.2) is 12.1 Å². The highest BCUT2D eigenvalue weighted by molar-refractivity contribution is 6.29. The van der Waals surface area contributed by atoms with Crippen molar-refractivity contribution in [1.82, 2.24) is 10.3 Å². The predicted molar refractivity (Wildman–Crippen MR) is 61.7 cm³/mol. The molecule has 1 rings (SSSR count). The maximum atomic E-state index is 11.9. The number of nitrogens with zero attached hydrogens (tertiary/aromatic N) is 1. The number of aromatic nitrogens is 1. The minimum Gasteiger partial charge on any atom is -0.346 e. The summed E-state index contributed by atoms with van der Waals surface area (Å²) in [7, 11) is 0. The van der Waals surface area contributed by atoms with Crippen molar-refractivity contribution >= 4 is 17.5 Å². The smallest absolute Gasteiger partial charge is 0.255 e. The number of carbonyl (C=O) groups is 1. The number of rotatable bonds is 4. The van der Waals surface area contributed by atoms with E-state index in [-0.39, 0.29) is 16.6 Å². The zero-order valence-electron chi connectivity index (χ0n) is 9.51. The van der Waals surface area contributed by atoms with E-state index in [1.54, 1.807) is 6.07 Å². The molecule has 0 aliphatic rings. The third-order valence-electron chi connectivity index (χ3n) is 2.08. The summed E-state index contributed by atoms with van der Waals surface area (Å²) >= 11 is 5.76. The topological polar surface area (TPSA) is 42.0 Å². The van der Waals surface area contributed by atoms with Gasteiger partial charge in [-0.15, -0.1) is 0 Å². The molecule has 0 aliphatic carbocycles. The lowest BCUT2D eigenvalue weighted by atomic mass is 10.1. The summed E-state index contributed by atoms with van der Waals surface area (Å²) in [5.74, 6) is -0.466. The molecule has 0 bridgehead atoms. The molecule has 0 saturated carbocycles. The summed E-state index contributed by atoms with van der Waals surface area (Å²) in [5, 5.41) is 2.30. The zero-order chi connectivity index (χ0) is 13.0. The van der Waals surface area contributed by atoms with Gasteiger partial charge in [0.1, 0.15) is 5.15 Å². The summed E-state index contributed by atoms with van der Waals surface area (Å²) in [6, 6.07) is 2.91. The van der Waals surface area contributed by atoms with E-state index in [2.05, 4.69) is 10.3 Å². The van der Waals surface area contributed by atoms with Crippen LogP contribution in [0.25, 0.3) is 0 Å². The van der Waals surface area contributed by atoms with Crippen molar-refractivity contribution < 1.29 is 13.6 Å². The van der Waals surface area contributed by atoms with E-state index in [9.17, 15) is 13.6 Å². The Hall–Kier alpha value is -1.23. The van der Waals surface area contributed by atoms with E-state index in [1.807, 2.05) is 13.8 Å². The monoisotopic (exact) mass is 262 g/mol. The van der Waals surface area contributed by atoms with Crippen molar-refractivity contribution in [1.29, 1.82) is 0 Å². The van der Waals surface area contributed by atoms with Crippen LogP contribution in [0.1, 0.15) is 35.8 Å². The van der Waals surface area contributed by atoms with Gasteiger partial charge in [0.2, 0.25) is 0 Å². The Kier molecular flexibility index (Phi) is 4.81. The van der Waals surface area contributed by atoms with Gasteiger partial charge in [-0.05, 0) is 18.1 Å². The second-order valence-electron chi connectivity index (χ2n) is 3.86. The van der Waals surface area contributed by atoms with Gasteiger partial charge in [-0.3, -0.25) is 4.79 Å². The number of hydrogen-bond donors (Lipinski definition) is 1. The predicted octanol–water partition coefficient (Wildman–Crippen LogP) is 2.85. The lowest BCUT2D eigenvalue weighted by molar-refractivity contribution is 0.0891. The van der Waals surface area contributed by atoms with Crippen LogP contribution >= 0.6 is 11.6 Å². The van der Waals surface area contributed by atoms with Gasteiger partial charge in [0.25, 0.3) is 12.3 Å². The van der Waals surface area contributed by atoms with E-state index in [0.29, 0.717) is 5.69 Å². The van der Waals surface area contributed by atoms with Crippen molar-refractivity contribution in [3.8, 4) is 0 Å². The molecule has 17 heavy (non-hydrogen) atoms. The van der Waals surface area contributed by atoms with Gasteiger partial charge >= 0.3 is 0 Å². The first kappa shape index (κ1) is 13.8. The molecular formula is C11H13ClF2N2O. The normalized spacial score (nSPS) is 11.0. The maximum Gasteiger partial charge on any atom is 0.255 e. The molecule has 0 aliphatic heterocycles. The average molecular weight is 263 g/mol. The van der Waals surface area contributed by atoms with Crippen molar-refractivity contribution in [2.24, 2.45) is 0 Å². The van der Waals surface area contributed by atoms with Gasteiger partial charge in [-0.1, -0.05) is 25.4 Å². The van der Waals surface area contributed by atoms with E-state index in [4.69, 9.17) is 11.6 Å². The molecule has 0 aromatic carbocycles. The average Bonchev–Trinajstić information content (AvgIpc) is 2.24. The van der Waals surface area contributed by atoms with E-state index in [0.717, 1.165) is 0 Å². The quantitative estimate of drug-likeness (QED) is 0.848. The van der Waals surface area contributed by atoms with Gasteiger partial charge in [0.05, 0.1) is 6.54 Å². The Balaban J connectivity index is 2.86. The van der Waals surface area contributed by atoms with Crippen LogP contribution in [0.4, 0.5) is 8.78 Å². The van der Waals surface area contributed by atoms with Crippen molar-refractivity contribution in [2.45, 2.75) is 26.2 Å². The minimum atomic E-state index is -2.57. The number of amides is 1. The Morgan fingerprint density at radius 2 is 2.12 bits per heavy atom. The van der Waals surface area contributed by atoms with E-state index < -0.39 is 18.9 Å². The standard InChI is InChI=1S/C11H13ClF2N2O/c1-6(2)8-3-7(4-9(12)16-8)11(17)15-5-10(13)14/h3-4,6,10H,5H2,1-2H3,(H,15,17). The van der Waals surface area contributed by atoms with Gasteiger partial charge < -0.3 is 5.32 Å². The molecule has 0 radical (unpaired) electrons. The molecule has 0 fully saturated rings. The molecule has 3 nitrogen and oxygen atoms in total. The van der Waals surface area contributed by atoms with Crippen LogP contribution in [0.3, 0.4) is 0 Å². The highest BCUT2D eigenvalue weighted by atomic mass is 35.5. The summed E-state index contributed by atoms with van der Waals surface area (Å²) < 4.78 is 23.9. The SMILES string of the molecule is CC(C)c1cc(C(=O)NCC(F)F)cc(Cl)n1. The highest BCUT2D eigenvalue weighted by Gasteiger charge is 2.12. The second kappa shape index (κ2) is 5.91. The first-order chi connectivity index (χ1) is 7.90. The molecule has 1 aromatic heterocycles. The number of nitrogens with one attached hydrogen (secondary N) is 1. The lowest BCUT2D eigenvalue weighted by Crippen LogP contribution is -2.28. The Labute approximate surface area is 103 Å². The fraction of sp³-hybridized carbons (Fsp3) is 0.455. The first-order valence-corrected chi connectivity index (χ1v) is 5.51. The van der Waals surface area contributed by atoms with Crippen molar-refractivity contribution in [3.05, 3.63) is 28.5 Å². The minimum absolute atomic E-state index is 0.107. The maximum absolute atomic E-state index is 11.9. The molecule has 1 N–H and O–H groups in total. The zero-order valence-corrected chi connectivity index (χ0v) is 10.3. The van der Waals surface area contributed by atoms with Crippen LogP contribution in [0.5, 0.6) is 0 Å². The van der Waals surface area contributed by atoms with Crippen LogP contribution in [0, 0.1) is 0 Å². The van der Waals surface area contributed by atoms with E-state index in [1.165, 1.54) is 6.07 Å². The fourth-order valence-electron chi connectivity index (χ4n) is 1.22. The van der Waals surface area contributed by atoms with Gasteiger partial charge in [-0.25, -0.2) is 13.8 Å². The molecule has 6 heteroatoms. The van der Waals surface area contributed by atoms with Crippen LogP contribution < -0.4 is 5.32 Å². The van der Waals surface area contributed by atoms with Crippen LogP contribution in [-0.2, 0) is 0 Å². The number of carbonyl (C=O) groups excluding carboxylic acids is 1. The van der Waals surface area contributed by atoms with Gasteiger partial charge in [0, 0.05) is 11.3 Å². The highest BCUT2D eigenvalue weighted by Crippen LogP contribution is 2.17. The summed E-state index contributed by atoms with van der Waals surface area (Å²) in [6.07, 6.45) is -2.57. The second-order valence-corrected chi connectivity index (χ2v) is 4.25. The Morgan fingerprint density at radius 3 is 2.65 bits per heavy atom. The van der Waals surface area contributed by atoms with E-state index >= 15 is 0 Å². The van der Waals surface area contributed by atoms with Crippen molar-refractivity contribution in [3.63, 3.8) is 0 Å². The molecule has 0 spiro atoms. The molecule has 0 saturated heterocycles. The third kappa shape index (κ3) is 4.26. The first-order valence-electron chi connectivity index (χ1n) is 5.14. The molecule has 0 atom stereocenters. The summed E-state index contributed by atoms with van der Waals surface area (Å²) in [4.78, 5) is 15.6. The fourth-order valence-corrected chi connectivity index (χ4v) is 1.43.